The average molecular weight is 869 g/mol. The van der Waals surface area contributed by atoms with Gasteiger partial charge in [0, 0.05) is 0 Å². The van der Waals surface area contributed by atoms with Gasteiger partial charge in [0.1, 0.15) is 10.1 Å². The quantitative estimate of drug-likeness (QED) is 0.0212. The van der Waals surface area contributed by atoms with Gasteiger partial charge in [0.05, 0.1) is 29.2 Å². The number of carbonyl (C=O) groups is 2. The summed E-state index contributed by atoms with van der Waals surface area (Å²) in [6.07, 6.45) is 51.1. The fraction of sp³-hybridized carbons (Fsp3) is 0.760. The summed E-state index contributed by atoms with van der Waals surface area (Å²) in [6.45, 7) is 4.80. The van der Waals surface area contributed by atoms with Crippen LogP contribution in [0.25, 0.3) is 0 Å². The Morgan fingerprint density at radius 2 is 0.746 bits per heavy atom. The first kappa shape index (κ1) is 58.2. The molecule has 0 aliphatic heterocycles. The Morgan fingerprint density at radius 1 is 0.458 bits per heavy atom. The van der Waals surface area contributed by atoms with Gasteiger partial charge < -0.3 is 14.0 Å². The molecule has 0 aliphatic carbocycles. The molecule has 0 bridgehead atoms. The Balaban J connectivity index is 0.0000336. The van der Waals surface area contributed by atoms with Gasteiger partial charge in [-0.1, -0.05) is 205 Å². The molecule has 0 N–H and O–H groups in total. The predicted octanol–water partition coefficient (Wildman–Crippen LogP) is 12.3. The van der Waals surface area contributed by atoms with Crippen molar-refractivity contribution in [1.82, 2.24) is 0 Å². The van der Waals surface area contributed by atoms with E-state index in [9.17, 15) is 22.6 Å². The van der Waals surface area contributed by atoms with Crippen LogP contribution >= 0.6 is 0 Å². The maximum atomic E-state index is 12.9. The predicted molar refractivity (Wildman–Crippen MR) is 242 cm³/mol. The standard InChI is InChI=1S/C50H86O7S.K/c1-3-5-7-9-11-13-15-17-19-21-23-25-27-29-31-33-35-37-39-43-56-49(51)47-42-41-46(58(53,54)55)45-48(47)50(52)57-44-40-38-36-34-32-30-28-26-24-22-20-18-16-14-12-10-8-6-4-2;/h33-36,41-42,45H,3-32,37-40,43-44H2,1-2H3,(H,53,54,55);/q;+1/p-1/b35-33+,36-34+;. The monoisotopic (exact) mass is 869 g/mol. The van der Waals surface area contributed by atoms with Crippen LogP contribution in [0.4, 0.5) is 0 Å². The number of benzene rings is 1. The summed E-state index contributed by atoms with van der Waals surface area (Å²) in [4.78, 5) is 25.2. The third kappa shape index (κ3) is 35.4. The van der Waals surface area contributed by atoms with Crippen LogP contribution in [0.3, 0.4) is 0 Å². The first-order chi connectivity index (χ1) is 28.3. The molecule has 0 radical (unpaired) electrons. The first-order valence-corrected chi connectivity index (χ1v) is 25.5. The van der Waals surface area contributed by atoms with Gasteiger partial charge in [-0.3, -0.25) is 0 Å². The van der Waals surface area contributed by atoms with E-state index in [0.717, 1.165) is 43.9 Å². The van der Waals surface area contributed by atoms with Gasteiger partial charge in [0.25, 0.3) is 0 Å². The molecule has 0 aromatic heterocycles. The second-order valence-corrected chi connectivity index (χ2v) is 17.8. The van der Waals surface area contributed by atoms with Crippen LogP contribution in [-0.2, 0) is 19.6 Å². The molecule has 1 rings (SSSR count). The minimum absolute atomic E-state index is 0. The fourth-order valence-electron chi connectivity index (χ4n) is 7.30. The third-order valence-electron chi connectivity index (χ3n) is 11.0. The Hall–Kier alpha value is -0.814. The Labute approximate surface area is 405 Å². The Kier molecular flexibility index (Phi) is 41.9. The van der Waals surface area contributed by atoms with Crippen LogP contribution in [0.5, 0.6) is 0 Å². The zero-order chi connectivity index (χ0) is 42.2. The number of ether oxygens (including phenoxy) is 2. The molecular formula is C50H85KO7S. The van der Waals surface area contributed by atoms with E-state index < -0.39 is 27.0 Å². The summed E-state index contributed by atoms with van der Waals surface area (Å²) in [6, 6.07) is 3.09. The SMILES string of the molecule is CCCCCCCCCCCCCCCC/C=C/CCCOC(=O)c1ccc(S(=O)(=O)[O-])cc1C(=O)OCCC/C=C/CCCCCCCCCCCCCCCC.[K+]. The van der Waals surface area contributed by atoms with Crippen molar-refractivity contribution < 1.29 is 83.4 Å². The molecule has 0 saturated carbocycles. The number of carbonyl (C=O) groups excluding carboxylic acids is 2. The largest absolute Gasteiger partial charge is 1.00 e. The molecule has 0 spiro atoms. The summed E-state index contributed by atoms with van der Waals surface area (Å²) in [5, 5.41) is 0. The van der Waals surface area contributed by atoms with Crippen molar-refractivity contribution in [3.63, 3.8) is 0 Å². The maximum Gasteiger partial charge on any atom is 1.00 e. The molecule has 0 amide bonds. The topological polar surface area (TPSA) is 110 Å². The maximum absolute atomic E-state index is 12.9. The zero-order valence-corrected chi connectivity index (χ0v) is 42.2. The van der Waals surface area contributed by atoms with Crippen molar-refractivity contribution >= 4 is 22.1 Å². The Bertz CT molecular complexity index is 1310. The van der Waals surface area contributed by atoms with Crippen molar-refractivity contribution in [2.24, 2.45) is 0 Å². The van der Waals surface area contributed by atoms with Crippen LogP contribution in [0, 0.1) is 0 Å². The van der Waals surface area contributed by atoms with Crippen molar-refractivity contribution in [1.29, 1.82) is 0 Å². The molecule has 1 aromatic carbocycles. The molecule has 9 heteroatoms. The van der Waals surface area contributed by atoms with Crippen LogP contribution in [-0.4, -0.2) is 38.1 Å². The molecule has 1 aromatic rings. The zero-order valence-electron chi connectivity index (χ0n) is 38.3. The van der Waals surface area contributed by atoms with Gasteiger partial charge in [-0.25, -0.2) is 18.0 Å². The molecule has 334 valence electrons. The van der Waals surface area contributed by atoms with E-state index in [1.54, 1.807) is 0 Å². The fourth-order valence-corrected chi connectivity index (χ4v) is 7.80. The number of hydrogen-bond acceptors (Lipinski definition) is 7. The van der Waals surface area contributed by atoms with Crippen LogP contribution in [0.1, 0.15) is 253 Å². The normalized spacial score (nSPS) is 11.7. The van der Waals surface area contributed by atoms with E-state index in [0.29, 0.717) is 12.8 Å². The minimum Gasteiger partial charge on any atom is -0.744 e. The Morgan fingerprint density at radius 3 is 1.07 bits per heavy atom. The molecule has 0 aliphatic rings. The van der Waals surface area contributed by atoms with E-state index in [1.807, 2.05) is 0 Å². The van der Waals surface area contributed by atoms with Gasteiger partial charge in [-0.15, -0.1) is 0 Å². The van der Waals surface area contributed by atoms with Gasteiger partial charge in [0.15, 0.2) is 0 Å². The third-order valence-corrected chi connectivity index (χ3v) is 11.8. The second kappa shape index (κ2) is 42.5. The van der Waals surface area contributed by atoms with E-state index in [-0.39, 0.29) is 75.7 Å². The van der Waals surface area contributed by atoms with Crippen LogP contribution in [0.15, 0.2) is 47.4 Å². The van der Waals surface area contributed by atoms with Crippen molar-refractivity contribution in [3.05, 3.63) is 53.6 Å². The summed E-state index contributed by atoms with van der Waals surface area (Å²) in [5.74, 6) is -1.60. The van der Waals surface area contributed by atoms with Gasteiger partial charge >= 0.3 is 63.3 Å². The molecule has 59 heavy (non-hydrogen) atoms. The van der Waals surface area contributed by atoms with Gasteiger partial charge in [0.2, 0.25) is 0 Å². The minimum atomic E-state index is -4.83. The number of esters is 2. The molecular weight excluding hydrogens is 784 g/mol. The van der Waals surface area contributed by atoms with E-state index in [4.69, 9.17) is 9.47 Å². The van der Waals surface area contributed by atoms with E-state index >= 15 is 0 Å². The molecule has 0 heterocycles. The molecule has 7 nitrogen and oxygen atoms in total. The van der Waals surface area contributed by atoms with Gasteiger partial charge in [-0.2, -0.15) is 0 Å². The van der Waals surface area contributed by atoms with Crippen LogP contribution < -0.4 is 51.4 Å². The van der Waals surface area contributed by atoms with Crippen LogP contribution in [0.2, 0.25) is 0 Å². The average Bonchev–Trinajstić information content (AvgIpc) is 3.21. The number of unbranched alkanes of at least 4 members (excludes halogenated alkanes) is 30. The molecule has 0 fully saturated rings. The van der Waals surface area contributed by atoms with E-state index in [1.165, 1.54) is 180 Å². The summed E-state index contributed by atoms with van der Waals surface area (Å²) >= 11 is 0. The summed E-state index contributed by atoms with van der Waals surface area (Å²) in [7, 11) is -4.83. The van der Waals surface area contributed by atoms with E-state index in [2.05, 4.69) is 38.2 Å². The summed E-state index contributed by atoms with van der Waals surface area (Å²) < 4.78 is 45.8. The first-order valence-electron chi connectivity index (χ1n) is 24.0. The number of hydrogen-bond donors (Lipinski definition) is 0. The van der Waals surface area contributed by atoms with Crippen molar-refractivity contribution in [2.75, 3.05) is 13.2 Å². The number of rotatable bonds is 41. The van der Waals surface area contributed by atoms with Crippen molar-refractivity contribution in [3.8, 4) is 0 Å². The molecule has 0 atom stereocenters. The molecule has 0 saturated heterocycles. The molecule has 0 unspecified atom stereocenters. The smallest absolute Gasteiger partial charge is 0.744 e. The second-order valence-electron chi connectivity index (χ2n) is 16.4. The number of allylic oxidation sites excluding steroid dienone is 4. The van der Waals surface area contributed by atoms with Gasteiger partial charge in [-0.05, 0) is 69.6 Å². The van der Waals surface area contributed by atoms with Crippen molar-refractivity contribution in [2.45, 2.75) is 237 Å². The summed E-state index contributed by atoms with van der Waals surface area (Å²) in [5.41, 5.74) is -0.387.